The van der Waals surface area contributed by atoms with Crippen LogP contribution in [-0.4, -0.2) is 40.5 Å². The molecular formula is C24H22N2O5S. The fourth-order valence-electron chi connectivity index (χ4n) is 3.58. The van der Waals surface area contributed by atoms with Gasteiger partial charge in [0.1, 0.15) is 0 Å². The second-order valence-electron chi connectivity index (χ2n) is 7.33. The number of amides is 1. The molecule has 0 spiro atoms. The van der Waals surface area contributed by atoms with Crippen molar-refractivity contribution in [3.63, 3.8) is 0 Å². The Morgan fingerprint density at radius 2 is 1.59 bits per heavy atom. The second kappa shape index (κ2) is 8.84. The molecule has 0 bridgehead atoms. The third-order valence-electron chi connectivity index (χ3n) is 5.38. The minimum atomic E-state index is -3.78. The molecule has 0 saturated carbocycles. The molecule has 0 aromatic heterocycles. The van der Waals surface area contributed by atoms with Gasteiger partial charge in [-0.3, -0.25) is 9.10 Å². The number of sulfonamides is 1. The van der Waals surface area contributed by atoms with Crippen molar-refractivity contribution in [3.05, 3.63) is 90.0 Å². The first-order chi connectivity index (χ1) is 15.4. The first kappa shape index (κ1) is 21.6. The highest BCUT2D eigenvalue weighted by Crippen LogP contribution is 2.27. The molecule has 1 aliphatic heterocycles. The Morgan fingerprint density at radius 1 is 0.938 bits per heavy atom. The predicted molar refractivity (Wildman–Crippen MR) is 121 cm³/mol. The minimum Gasteiger partial charge on any atom is -0.452 e. The molecule has 0 N–H and O–H groups in total. The summed E-state index contributed by atoms with van der Waals surface area (Å²) in [4.78, 5) is 26.5. The number of benzene rings is 3. The van der Waals surface area contributed by atoms with Crippen LogP contribution in [0, 0.1) is 0 Å². The molecule has 0 radical (unpaired) electrons. The van der Waals surface area contributed by atoms with Crippen LogP contribution in [0.3, 0.4) is 0 Å². The average Bonchev–Trinajstić information content (AvgIpc) is 3.27. The lowest BCUT2D eigenvalue weighted by atomic mass is 10.2. The van der Waals surface area contributed by atoms with E-state index in [1.54, 1.807) is 35.2 Å². The van der Waals surface area contributed by atoms with E-state index >= 15 is 0 Å². The average molecular weight is 451 g/mol. The number of carbonyl (C=O) groups is 2. The normalized spacial score (nSPS) is 12.8. The van der Waals surface area contributed by atoms with Crippen molar-refractivity contribution in [3.8, 4) is 0 Å². The lowest BCUT2D eigenvalue weighted by Crippen LogP contribution is -2.33. The number of para-hydroxylation sites is 2. The molecule has 32 heavy (non-hydrogen) atoms. The summed E-state index contributed by atoms with van der Waals surface area (Å²) in [5.41, 5.74) is 2.62. The van der Waals surface area contributed by atoms with Gasteiger partial charge in [-0.25, -0.2) is 13.2 Å². The fraction of sp³-hybridized carbons (Fsp3) is 0.167. The molecule has 0 saturated heterocycles. The molecule has 4 rings (SSSR count). The number of rotatable bonds is 6. The summed E-state index contributed by atoms with van der Waals surface area (Å²) in [6.45, 7) is 0.168. The van der Waals surface area contributed by atoms with Crippen LogP contribution in [0.15, 0.2) is 83.8 Å². The van der Waals surface area contributed by atoms with Crippen molar-refractivity contribution in [2.75, 3.05) is 29.4 Å². The van der Waals surface area contributed by atoms with E-state index in [-0.39, 0.29) is 23.0 Å². The minimum absolute atomic E-state index is 0.0464. The van der Waals surface area contributed by atoms with Gasteiger partial charge in [0.2, 0.25) is 0 Å². The van der Waals surface area contributed by atoms with Crippen LogP contribution in [0.5, 0.6) is 0 Å². The van der Waals surface area contributed by atoms with Gasteiger partial charge >= 0.3 is 5.97 Å². The predicted octanol–water partition coefficient (Wildman–Crippen LogP) is 3.26. The maximum absolute atomic E-state index is 12.8. The number of nitrogens with zero attached hydrogens (tertiary/aromatic N) is 2. The lowest BCUT2D eigenvalue weighted by Gasteiger charge is -2.19. The van der Waals surface area contributed by atoms with Gasteiger partial charge in [-0.1, -0.05) is 36.4 Å². The Hall–Kier alpha value is -3.65. The number of esters is 1. The molecule has 0 unspecified atom stereocenters. The summed E-state index contributed by atoms with van der Waals surface area (Å²) in [6.07, 6.45) is 0.767. The van der Waals surface area contributed by atoms with Crippen molar-refractivity contribution in [1.82, 2.24) is 0 Å². The van der Waals surface area contributed by atoms with Gasteiger partial charge < -0.3 is 9.64 Å². The molecule has 3 aromatic rings. The van der Waals surface area contributed by atoms with Crippen LogP contribution in [-0.2, 0) is 26.0 Å². The smallest absolute Gasteiger partial charge is 0.338 e. The van der Waals surface area contributed by atoms with E-state index in [1.807, 2.05) is 24.3 Å². The Kier molecular flexibility index (Phi) is 5.96. The maximum atomic E-state index is 12.8. The molecule has 0 atom stereocenters. The number of hydrogen-bond donors (Lipinski definition) is 0. The highest BCUT2D eigenvalue weighted by molar-refractivity contribution is 7.92. The summed E-state index contributed by atoms with van der Waals surface area (Å²) in [5.74, 6) is -0.988. The molecule has 164 valence electrons. The second-order valence-corrected chi connectivity index (χ2v) is 9.30. The first-order valence-corrected chi connectivity index (χ1v) is 11.5. The van der Waals surface area contributed by atoms with Gasteiger partial charge in [-0.15, -0.1) is 0 Å². The van der Waals surface area contributed by atoms with Gasteiger partial charge in [0.25, 0.3) is 15.9 Å². The van der Waals surface area contributed by atoms with Crippen LogP contribution in [0.2, 0.25) is 0 Å². The molecule has 0 aliphatic carbocycles. The molecular weight excluding hydrogens is 428 g/mol. The first-order valence-electron chi connectivity index (χ1n) is 10.1. The van der Waals surface area contributed by atoms with Crippen molar-refractivity contribution in [1.29, 1.82) is 0 Å². The van der Waals surface area contributed by atoms with Crippen molar-refractivity contribution in [2.24, 2.45) is 0 Å². The third kappa shape index (κ3) is 4.22. The van der Waals surface area contributed by atoms with Gasteiger partial charge in [0.15, 0.2) is 6.61 Å². The van der Waals surface area contributed by atoms with Crippen LogP contribution in [0.25, 0.3) is 0 Å². The summed E-state index contributed by atoms with van der Waals surface area (Å²) in [6, 6.07) is 21.8. The third-order valence-corrected chi connectivity index (χ3v) is 7.18. The van der Waals surface area contributed by atoms with Crippen molar-refractivity contribution in [2.45, 2.75) is 11.3 Å². The SMILES string of the molecule is CN(c1ccccc1)S(=O)(=O)c1ccc(C(=O)OCC(=O)N2CCc3ccccc32)cc1. The number of fused-ring (bicyclic) bond motifs is 1. The fourth-order valence-corrected chi connectivity index (χ4v) is 4.78. The highest BCUT2D eigenvalue weighted by Gasteiger charge is 2.25. The molecule has 7 nitrogen and oxygen atoms in total. The largest absolute Gasteiger partial charge is 0.452 e. The molecule has 8 heteroatoms. The Labute approximate surface area is 186 Å². The summed E-state index contributed by atoms with van der Waals surface area (Å²) >= 11 is 0. The molecule has 0 fully saturated rings. The van der Waals surface area contributed by atoms with Gasteiger partial charge in [0, 0.05) is 19.3 Å². The van der Waals surface area contributed by atoms with E-state index in [9.17, 15) is 18.0 Å². The molecule has 1 amide bonds. The number of anilines is 2. The van der Waals surface area contributed by atoms with Crippen LogP contribution < -0.4 is 9.21 Å². The quantitative estimate of drug-likeness (QED) is 0.539. The van der Waals surface area contributed by atoms with E-state index in [4.69, 9.17) is 4.74 Å². The summed E-state index contributed by atoms with van der Waals surface area (Å²) < 4.78 is 32.0. The van der Waals surface area contributed by atoms with E-state index in [0.29, 0.717) is 12.2 Å². The number of hydrogen-bond acceptors (Lipinski definition) is 5. The molecule has 1 aliphatic rings. The van der Waals surface area contributed by atoms with Crippen molar-refractivity contribution >= 4 is 33.3 Å². The van der Waals surface area contributed by atoms with E-state index < -0.39 is 16.0 Å². The topological polar surface area (TPSA) is 84.0 Å². The lowest BCUT2D eigenvalue weighted by molar-refractivity contribution is -0.121. The number of ether oxygens (including phenoxy) is 1. The van der Waals surface area contributed by atoms with Gasteiger partial charge in [-0.05, 0) is 54.4 Å². The van der Waals surface area contributed by atoms with E-state index in [1.165, 1.54) is 35.6 Å². The number of carbonyl (C=O) groups excluding carboxylic acids is 2. The zero-order chi connectivity index (χ0) is 22.7. The van der Waals surface area contributed by atoms with Crippen LogP contribution in [0.4, 0.5) is 11.4 Å². The Bertz CT molecular complexity index is 1240. The van der Waals surface area contributed by atoms with Crippen LogP contribution in [0.1, 0.15) is 15.9 Å². The van der Waals surface area contributed by atoms with Gasteiger partial charge in [0.05, 0.1) is 16.1 Å². The van der Waals surface area contributed by atoms with E-state index in [0.717, 1.165) is 17.7 Å². The summed E-state index contributed by atoms with van der Waals surface area (Å²) in [7, 11) is -2.31. The molecule has 3 aromatic carbocycles. The van der Waals surface area contributed by atoms with Gasteiger partial charge in [-0.2, -0.15) is 0 Å². The monoisotopic (exact) mass is 450 g/mol. The van der Waals surface area contributed by atoms with E-state index in [2.05, 4.69) is 0 Å². The highest BCUT2D eigenvalue weighted by atomic mass is 32.2. The zero-order valence-electron chi connectivity index (χ0n) is 17.5. The van der Waals surface area contributed by atoms with Crippen molar-refractivity contribution < 1.29 is 22.7 Å². The maximum Gasteiger partial charge on any atom is 0.338 e. The summed E-state index contributed by atoms with van der Waals surface area (Å²) in [5, 5.41) is 0. The van der Waals surface area contributed by atoms with Crippen LogP contribution >= 0.6 is 0 Å². The molecule has 1 heterocycles. The Balaban J connectivity index is 1.40. The Morgan fingerprint density at radius 3 is 2.31 bits per heavy atom. The zero-order valence-corrected chi connectivity index (χ0v) is 18.3. The standard InChI is InChI=1S/C24H22N2O5S/c1-25(20-8-3-2-4-9-20)32(29,30)21-13-11-19(12-14-21)24(28)31-17-23(27)26-16-15-18-7-5-6-10-22(18)26/h2-14H,15-17H2,1H3.